The number of Topliss-reactive ketones (excluding diaryl/α,β-unsaturated/α-hetero) is 1. The highest BCUT2D eigenvalue weighted by atomic mass is 35.5. The summed E-state index contributed by atoms with van der Waals surface area (Å²) in [5.74, 6) is 0.0341. The van der Waals surface area contributed by atoms with Crippen molar-refractivity contribution in [3.05, 3.63) is 28.8 Å². The molecule has 1 rings (SSSR count). The number of benzene rings is 1. The monoisotopic (exact) mass is 226 g/mol. The van der Waals surface area contributed by atoms with Gasteiger partial charge in [-0.1, -0.05) is 18.5 Å². The van der Waals surface area contributed by atoms with Crippen LogP contribution in [0.3, 0.4) is 0 Å². The van der Waals surface area contributed by atoms with Crippen molar-refractivity contribution in [1.29, 1.82) is 0 Å². The molecule has 0 aliphatic rings. The fourth-order valence-electron chi connectivity index (χ4n) is 1.20. The highest BCUT2D eigenvalue weighted by Gasteiger charge is 2.06. The first kappa shape index (κ1) is 12.0. The second kappa shape index (κ2) is 5.73. The topological polar surface area (TPSA) is 55.1 Å². The van der Waals surface area contributed by atoms with Crippen LogP contribution in [0.15, 0.2) is 18.2 Å². The average molecular weight is 227 g/mol. The van der Waals surface area contributed by atoms with Crippen LogP contribution >= 0.6 is 11.6 Å². The van der Waals surface area contributed by atoms with Crippen LogP contribution < -0.4 is 11.1 Å². The summed E-state index contributed by atoms with van der Waals surface area (Å²) in [6.07, 6.45) is 1.01. The first-order chi connectivity index (χ1) is 7.15. The Balaban J connectivity index is 2.62. The van der Waals surface area contributed by atoms with E-state index in [-0.39, 0.29) is 5.78 Å². The smallest absolute Gasteiger partial charge is 0.176 e. The molecule has 3 N–H and O–H groups in total. The number of carbonyl (C=O) groups is 1. The number of ketones is 1. The lowest BCUT2D eigenvalue weighted by Gasteiger charge is -2.04. The first-order valence-corrected chi connectivity index (χ1v) is 5.32. The minimum Gasteiger partial charge on any atom is -0.398 e. The lowest BCUT2D eigenvalue weighted by molar-refractivity contribution is 0.0991. The summed E-state index contributed by atoms with van der Waals surface area (Å²) < 4.78 is 0. The van der Waals surface area contributed by atoms with Gasteiger partial charge in [0.15, 0.2) is 5.78 Å². The predicted octanol–water partition coefficient (Wildman–Crippen LogP) is 2.10. The van der Waals surface area contributed by atoms with E-state index in [1.165, 1.54) is 0 Å². The van der Waals surface area contributed by atoms with Gasteiger partial charge in [-0.05, 0) is 31.2 Å². The molecule has 3 nitrogen and oxygen atoms in total. The maximum absolute atomic E-state index is 11.6. The minimum atomic E-state index is 0.0341. The van der Waals surface area contributed by atoms with Gasteiger partial charge in [-0.3, -0.25) is 4.79 Å². The van der Waals surface area contributed by atoms with Crippen molar-refractivity contribution in [1.82, 2.24) is 5.32 Å². The highest BCUT2D eigenvalue weighted by Crippen LogP contribution is 2.19. The summed E-state index contributed by atoms with van der Waals surface area (Å²) in [5, 5.41) is 3.52. The molecule has 0 radical (unpaired) electrons. The number of hydrogen-bond donors (Lipinski definition) is 2. The molecule has 82 valence electrons. The summed E-state index contributed by atoms with van der Waals surface area (Å²) in [5.41, 5.74) is 6.65. The molecule has 0 fully saturated rings. The lowest BCUT2D eigenvalue weighted by atomic mass is 10.1. The van der Waals surface area contributed by atoms with Gasteiger partial charge >= 0.3 is 0 Å². The lowest BCUT2D eigenvalue weighted by Crippen LogP contribution is -2.23. The van der Waals surface area contributed by atoms with Gasteiger partial charge in [-0.25, -0.2) is 0 Å². The number of carbonyl (C=O) groups excluding carboxylic acids is 1. The number of anilines is 1. The van der Waals surface area contributed by atoms with Crippen molar-refractivity contribution >= 4 is 23.1 Å². The molecule has 0 unspecified atom stereocenters. The molecule has 0 saturated carbocycles. The normalized spacial score (nSPS) is 10.3. The van der Waals surface area contributed by atoms with Crippen molar-refractivity contribution in [2.24, 2.45) is 0 Å². The average Bonchev–Trinajstić information content (AvgIpc) is 2.22. The van der Waals surface area contributed by atoms with Crippen LogP contribution in [0.5, 0.6) is 0 Å². The fraction of sp³-hybridized carbons (Fsp3) is 0.364. The van der Waals surface area contributed by atoms with Crippen molar-refractivity contribution < 1.29 is 4.79 Å². The van der Waals surface area contributed by atoms with Crippen LogP contribution in [-0.4, -0.2) is 18.9 Å². The highest BCUT2D eigenvalue weighted by molar-refractivity contribution is 6.33. The number of hydrogen-bond acceptors (Lipinski definition) is 3. The molecule has 0 spiro atoms. The summed E-state index contributed by atoms with van der Waals surface area (Å²) in [6, 6.07) is 4.94. The van der Waals surface area contributed by atoms with Gasteiger partial charge in [-0.15, -0.1) is 0 Å². The van der Waals surface area contributed by atoms with E-state index in [0.29, 0.717) is 22.8 Å². The van der Waals surface area contributed by atoms with Gasteiger partial charge in [0.05, 0.1) is 17.3 Å². The maximum Gasteiger partial charge on any atom is 0.176 e. The largest absolute Gasteiger partial charge is 0.398 e. The molecule has 4 heteroatoms. The number of nitrogens with one attached hydrogen (secondary N) is 1. The zero-order chi connectivity index (χ0) is 11.3. The van der Waals surface area contributed by atoms with Gasteiger partial charge in [0, 0.05) is 5.56 Å². The standard InChI is InChI=1S/C11H15ClN2O/c1-2-5-14-7-11(15)8-3-4-9(12)10(13)6-8/h3-4,6,14H,2,5,7,13H2,1H3. The molecule has 0 atom stereocenters. The van der Waals surface area contributed by atoms with Crippen LogP contribution in [0.1, 0.15) is 23.7 Å². The zero-order valence-electron chi connectivity index (χ0n) is 8.72. The second-order valence-corrected chi connectivity index (χ2v) is 3.74. The van der Waals surface area contributed by atoms with Gasteiger partial charge in [-0.2, -0.15) is 0 Å². The third-order valence-electron chi connectivity index (χ3n) is 2.03. The van der Waals surface area contributed by atoms with E-state index in [2.05, 4.69) is 12.2 Å². The molecule has 0 heterocycles. The Labute approximate surface area is 94.6 Å². The Hall–Kier alpha value is -1.06. The quantitative estimate of drug-likeness (QED) is 0.459. The van der Waals surface area contributed by atoms with Gasteiger partial charge in [0.2, 0.25) is 0 Å². The van der Waals surface area contributed by atoms with E-state index < -0.39 is 0 Å². The van der Waals surface area contributed by atoms with E-state index in [1.54, 1.807) is 18.2 Å². The second-order valence-electron chi connectivity index (χ2n) is 3.34. The fourth-order valence-corrected chi connectivity index (χ4v) is 1.32. The Morgan fingerprint density at radius 1 is 1.53 bits per heavy atom. The molecule has 15 heavy (non-hydrogen) atoms. The van der Waals surface area contributed by atoms with Gasteiger partial charge in [0.25, 0.3) is 0 Å². The van der Waals surface area contributed by atoms with Crippen LogP contribution in [-0.2, 0) is 0 Å². The molecule has 0 amide bonds. The first-order valence-electron chi connectivity index (χ1n) is 4.94. The van der Waals surface area contributed by atoms with Crippen molar-refractivity contribution in [3.63, 3.8) is 0 Å². The van der Waals surface area contributed by atoms with Gasteiger partial charge in [0.1, 0.15) is 0 Å². The molecule has 0 saturated heterocycles. The Morgan fingerprint density at radius 2 is 2.27 bits per heavy atom. The third-order valence-corrected chi connectivity index (χ3v) is 2.37. The number of halogens is 1. The molecule has 0 aliphatic carbocycles. The number of nitrogen functional groups attached to an aromatic ring is 1. The summed E-state index contributed by atoms with van der Waals surface area (Å²) in [4.78, 5) is 11.6. The van der Waals surface area contributed by atoms with Gasteiger partial charge < -0.3 is 11.1 Å². The number of rotatable bonds is 5. The molecule has 1 aromatic carbocycles. The Morgan fingerprint density at radius 3 is 2.87 bits per heavy atom. The molecule has 0 bridgehead atoms. The maximum atomic E-state index is 11.6. The molecular formula is C11H15ClN2O. The Bertz CT molecular complexity index is 352. The van der Waals surface area contributed by atoms with E-state index in [0.717, 1.165) is 13.0 Å². The molecule has 0 aliphatic heterocycles. The van der Waals surface area contributed by atoms with E-state index in [1.807, 2.05) is 0 Å². The molecule has 0 aromatic heterocycles. The van der Waals surface area contributed by atoms with Crippen LogP contribution in [0.25, 0.3) is 0 Å². The van der Waals surface area contributed by atoms with E-state index in [4.69, 9.17) is 17.3 Å². The van der Waals surface area contributed by atoms with E-state index >= 15 is 0 Å². The van der Waals surface area contributed by atoms with Crippen molar-refractivity contribution in [2.45, 2.75) is 13.3 Å². The summed E-state index contributed by atoms with van der Waals surface area (Å²) in [6.45, 7) is 3.24. The minimum absolute atomic E-state index is 0.0341. The number of nitrogens with two attached hydrogens (primary N) is 1. The molecule has 1 aromatic rings. The predicted molar refractivity (Wildman–Crippen MR) is 63.4 cm³/mol. The third kappa shape index (κ3) is 3.53. The zero-order valence-corrected chi connectivity index (χ0v) is 9.47. The van der Waals surface area contributed by atoms with Crippen LogP contribution in [0, 0.1) is 0 Å². The van der Waals surface area contributed by atoms with Crippen molar-refractivity contribution in [2.75, 3.05) is 18.8 Å². The van der Waals surface area contributed by atoms with Crippen LogP contribution in [0.2, 0.25) is 5.02 Å². The van der Waals surface area contributed by atoms with Crippen molar-refractivity contribution in [3.8, 4) is 0 Å². The SMILES string of the molecule is CCCNCC(=O)c1ccc(Cl)c(N)c1. The Kier molecular flexibility index (Phi) is 4.59. The molecular weight excluding hydrogens is 212 g/mol. The van der Waals surface area contributed by atoms with Crippen LogP contribution in [0.4, 0.5) is 5.69 Å². The summed E-state index contributed by atoms with van der Waals surface area (Å²) in [7, 11) is 0. The van der Waals surface area contributed by atoms with E-state index in [9.17, 15) is 4.79 Å². The summed E-state index contributed by atoms with van der Waals surface area (Å²) >= 11 is 5.76.